The highest BCUT2D eigenvalue weighted by atomic mass is 15.0. The monoisotopic (exact) mass is 177 g/mol. The first kappa shape index (κ1) is 9.82. The molecule has 0 radical (unpaired) electrons. The molecule has 1 N–H and O–H groups in total. The average molecular weight is 177 g/mol. The summed E-state index contributed by atoms with van der Waals surface area (Å²) in [6.07, 6.45) is 6.73. The summed E-state index contributed by atoms with van der Waals surface area (Å²) in [5.41, 5.74) is 0. The van der Waals surface area contributed by atoms with Gasteiger partial charge in [0.05, 0.1) is 12.9 Å². The van der Waals surface area contributed by atoms with E-state index in [0.29, 0.717) is 0 Å². The largest absolute Gasteiger partial charge is 0.337 e. The molecule has 0 amide bonds. The Morgan fingerprint density at radius 2 is 2.46 bits per heavy atom. The van der Waals surface area contributed by atoms with Gasteiger partial charge in [-0.15, -0.1) is 5.92 Å². The molecule has 0 saturated heterocycles. The van der Waals surface area contributed by atoms with E-state index in [1.54, 1.807) is 6.20 Å². The lowest BCUT2D eigenvalue weighted by atomic mass is 10.4. The molecular formula is C10H15N3. The second kappa shape index (κ2) is 6.27. The third-order valence-corrected chi connectivity index (χ3v) is 1.72. The fourth-order valence-electron chi connectivity index (χ4n) is 1.04. The van der Waals surface area contributed by atoms with Crippen LogP contribution >= 0.6 is 0 Å². The van der Waals surface area contributed by atoms with Crippen LogP contribution < -0.4 is 5.32 Å². The Labute approximate surface area is 79.2 Å². The van der Waals surface area contributed by atoms with Gasteiger partial charge in [0.2, 0.25) is 0 Å². The molecule has 70 valence electrons. The normalized spacial score (nSPS) is 9.31. The van der Waals surface area contributed by atoms with Crippen molar-refractivity contribution in [2.45, 2.75) is 19.9 Å². The van der Waals surface area contributed by atoms with Gasteiger partial charge in [-0.1, -0.05) is 5.92 Å². The zero-order chi connectivity index (χ0) is 9.36. The highest BCUT2D eigenvalue weighted by molar-refractivity contribution is 4.96. The standard InChI is InChI=1S/C10H15N3/c1-2-3-5-11-6-4-8-13-9-7-12-10-13/h7,9-11H,4-6,8H2,1H3. The van der Waals surface area contributed by atoms with Gasteiger partial charge in [0, 0.05) is 18.9 Å². The molecule has 3 heteroatoms. The molecule has 13 heavy (non-hydrogen) atoms. The van der Waals surface area contributed by atoms with Crippen LogP contribution in [-0.4, -0.2) is 22.6 Å². The van der Waals surface area contributed by atoms with Crippen LogP contribution in [0.2, 0.25) is 0 Å². The molecule has 1 aromatic heterocycles. The maximum atomic E-state index is 3.97. The van der Waals surface area contributed by atoms with Crippen molar-refractivity contribution in [3.05, 3.63) is 18.7 Å². The van der Waals surface area contributed by atoms with Gasteiger partial charge in [0.1, 0.15) is 0 Å². The first-order valence-corrected chi connectivity index (χ1v) is 4.49. The number of aryl methyl sites for hydroxylation is 1. The summed E-state index contributed by atoms with van der Waals surface area (Å²) in [6, 6.07) is 0. The van der Waals surface area contributed by atoms with Crippen molar-refractivity contribution in [1.82, 2.24) is 14.9 Å². The topological polar surface area (TPSA) is 29.9 Å². The first-order chi connectivity index (χ1) is 6.43. The number of hydrogen-bond acceptors (Lipinski definition) is 2. The second-order valence-electron chi connectivity index (χ2n) is 2.76. The predicted molar refractivity (Wildman–Crippen MR) is 53.2 cm³/mol. The molecule has 0 atom stereocenters. The molecule has 0 unspecified atom stereocenters. The third-order valence-electron chi connectivity index (χ3n) is 1.72. The summed E-state index contributed by atoms with van der Waals surface area (Å²) in [5.74, 6) is 5.81. The maximum Gasteiger partial charge on any atom is 0.0945 e. The molecule has 0 spiro atoms. The molecule has 0 aromatic carbocycles. The minimum atomic E-state index is 0.792. The van der Waals surface area contributed by atoms with Gasteiger partial charge >= 0.3 is 0 Å². The molecule has 0 saturated carbocycles. The van der Waals surface area contributed by atoms with Crippen molar-refractivity contribution < 1.29 is 0 Å². The quantitative estimate of drug-likeness (QED) is 0.534. The summed E-state index contributed by atoms with van der Waals surface area (Å²) in [7, 11) is 0. The lowest BCUT2D eigenvalue weighted by molar-refractivity contribution is 0.602. The fraction of sp³-hybridized carbons (Fsp3) is 0.500. The maximum absolute atomic E-state index is 3.97. The zero-order valence-corrected chi connectivity index (χ0v) is 7.95. The van der Waals surface area contributed by atoms with Crippen LogP contribution in [0.5, 0.6) is 0 Å². The lowest BCUT2D eigenvalue weighted by Crippen LogP contribution is -2.16. The third kappa shape index (κ3) is 4.34. The number of nitrogens with one attached hydrogen (secondary N) is 1. The molecule has 0 aliphatic rings. The van der Waals surface area contributed by atoms with Gasteiger partial charge in [0.25, 0.3) is 0 Å². The smallest absolute Gasteiger partial charge is 0.0945 e. The van der Waals surface area contributed by atoms with E-state index < -0.39 is 0 Å². The van der Waals surface area contributed by atoms with Crippen LogP contribution in [0.3, 0.4) is 0 Å². The van der Waals surface area contributed by atoms with Crippen molar-refractivity contribution in [2.75, 3.05) is 13.1 Å². The molecule has 1 heterocycles. The summed E-state index contributed by atoms with van der Waals surface area (Å²) in [6.45, 7) is 4.67. The number of aromatic nitrogens is 2. The minimum absolute atomic E-state index is 0.792. The number of rotatable bonds is 5. The van der Waals surface area contributed by atoms with E-state index in [1.165, 1.54) is 0 Å². The Kier molecular flexibility index (Phi) is 4.73. The minimum Gasteiger partial charge on any atom is -0.337 e. The highest BCUT2D eigenvalue weighted by Gasteiger charge is 1.88. The lowest BCUT2D eigenvalue weighted by Gasteiger charge is -2.01. The van der Waals surface area contributed by atoms with E-state index in [0.717, 1.165) is 26.1 Å². The van der Waals surface area contributed by atoms with Gasteiger partial charge in [-0.25, -0.2) is 4.98 Å². The van der Waals surface area contributed by atoms with E-state index in [2.05, 4.69) is 26.7 Å². The Balaban J connectivity index is 1.98. The summed E-state index contributed by atoms with van der Waals surface area (Å²) in [5, 5.41) is 3.24. The Morgan fingerprint density at radius 1 is 1.54 bits per heavy atom. The van der Waals surface area contributed by atoms with Crippen LogP contribution in [-0.2, 0) is 6.54 Å². The van der Waals surface area contributed by atoms with Crippen LogP contribution in [0.15, 0.2) is 18.7 Å². The Morgan fingerprint density at radius 3 is 3.15 bits per heavy atom. The number of imidazole rings is 1. The van der Waals surface area contributed by atoms with Gasteiger partial charge in [-0.2, -0.15) is 0 Å². The van der Waals surface area contributed by atoms with Crippen LogP contribution in [0.25, 0.3) is 0 Å². The molecular weight excluding hydrogens is 162 g/mol. The summed E-state index contributed by atoms with van der Waals surface area (Å²) in [4.78, 5) is 3.97. The zero-order valence-electron chi connectivity index (χ0n) is 7.95. The van der Waals surface area contributed by atoms with Gasteiger partial charge in [-0.3, -0.25) is 0 Å². The van der Waals surface area contributed by atoms with E-state index in [4.69, 9.17) is 0 Å². The second-order valence-corrected chi connectivity index (χ2v) is 2.76. The van der Waals surface area contributed by atoms with Gasteiger partial charge in [0.15, 0.2) is 0 Å². The van der Waals surface area contributed by atoms with Crippen molar-refractivity contribution >= 4 is 0 Å². The van der Waals surface area contributed by atoms with Crippen LogP contribution in [0.4, 0.5) is 0 Å². The molecule has 0 fully saturated rings. The summed E-state index contributed by atoms with van der Waals surface area (Å²) >= 11 is 0. The summed E-state index contributed by atoms with van der Waals surface area (Å²) < 4.78 is 2.08. The highest BCUT2D eigenvalue weighted by Crippen LogP contribution is 1.88. The molecule has 0 aliphatic carbocycles. The predicted octanol–water partition coefficient (Wildman–Crippen LogP) is 0.886. The fourth-order valence-corrected chi connectivity index (χ4v) is 1.04. The first-order valence-electron chi connectivity index (χ1n) is 4.49. The SMILES string of the molecule is CC#CCNCCCn1ccnc1. The molecule has 3 nitrogen and oxygen atoms in total. The van der Waals surface area contributed by atoms with Crippen LogP contribution in [0, 0.1) is 11.8 Å². The van der Waals surface area contributed by atoms with Crippen LogP contribution in [0.1, 0.15) is 13.3 Å². The van der Waals surface area contributed by atoms with E-state index in [1.807, 2.05) is 19.4 Å². The molecule has 1 rings (SSSR count). The molecule has 1 aromatic rings. The van der Waals surface area contributed by atoms with E-state index in [-0.39, 0.29) is 0 Å². The van der Waals surface area contributed by atoms with Crippen molar-refractivity contribution in [3.63, 3.8) is 0 Å². The number of hydrogen-bond donors (Lipinski definition) is 1. The van der Waals surface area contributed by atoms with Crippen molar-refractivity contribution in [3.8, 4) is 11.8 Å². The molecule has 0 bridgehead atoms. The van der Waals surface area contributed by atoms with Crippen molar-refractivity contribution in [2.24, 2.45) is 0 Å². The number of nitrogens with zero attached hydrogens (tertiary/aromatic N) is 2. The van der Waals surface area contributed by atoms with Gasteiger partial charge < -0.3 is 9.88 Å². The van der Waals surface area contributed by atoms with E-state index in [9.17, 15) is 0 Å². The Bertz CT molecular complexity index is 266. The molecule has 0 aliphatic heterocycles. The van der Waals surface area contributed by atoms with Crippen molar-refractivity contribution in [1.29, 1.82) is 0 Å². The van der Waals surface area contributed by atoms with Gasteiger partial charge in [-0.05, 0) is 19.9 Å². The van der Waals surface area contributed by atoms with E-state index >= 15 is 0 Å². The average Bonchev–Trinajstić information content (AvgIpc) is 2.63. The Hall–Kier alpha value is -1.27.